The van der Waals surface area contributed by atoms with Crippen LogP contribution >= 0.6 is 11.6 Å². The summed E-state index contributed by atoms with van der Waals surface area (Å²) < 4.78 is 72.0. The molecular formula is C19H18ClF3N2O4S. The number of nitrogens with zero attached hydrogens (tertiary/aromatic N) is 2. The second-order valence-corrected chi connectivity index (χ2v) is 8.97. The number of hydrogen-bond donors (Lipinski definition) is 0. The van der Waals surface area contributed by atoms with E-state index in [4.69, 9.17) is 16.3 Å². The van der Waals surface area contributed by atoms with Gasteiger partial charge in [0.25, 0.3) is 5.91 Å². The highest BCUT2D eigenvalue weighted by molar-refractivity contribution is 7.89. The first kappa shape index (κ1) is 22.4. The Hall–Kier alpha value is -2.30. The van der Waals surface area contributed by atoms with Crippen LogP contribution in [-0.4, -0.2) is 56.3 Å². The van der Waals surface area contributed by atoms with Crippen LogP contribution in [0, 0.1) is 24.4 Å². The summed E-state index contributed by atoms with van der Waals surface area (Å²) in [4.78, 5) is 12.8. The lowest BCUT2D eigenvalue weighted by Gasteiger charge is -2.34. The Bertz CT molecular complexity index is 1070. The molecule has 0 unspecified atom stereocenters. The molecule has 1 heterocycles. The van der Waals surface area contributed by atoms with E-state index in [1.165, 1.54) is 4.90 Å². The fourth-order valence-corrected chi connectivity index (χ4v) is 4.56. The van der Waals surface area contributed by atoms with Crippen LogP contribution < -0.4 is 4.74 Å². The fourth-order valence-electron chi connectivity index (χ4n) is 2.97. The summed E-state index contributed by atoms with van der Waals surface area (Å²) >= 11 is 5.94. The molecule has 0 aromatic heterocycles. The SMILES string of the molecule is Cc1cc(OCC(=O)N2CCN(S(=O)(=O)c3ccc(F)c(F)c3F)CC2)ccc1Cl. The molecule has 11 heteroatoms. The molecular weight excluding hydrogens is 445 g/mol. The van der Waals surface area contributed by atoms with Crippen LogP contribution in [0.2, 0.25) is 5.02 Å². The van der Waals surface area contributed by atoms with Crippen LogP contribution in [0.15, 0.2) is 35.2 Å². The second-order valence-electron chi connectivity index (χ2n) is 6.66. The van der Waals surface area contributed by atoms with Gasteiger partial charge < -0.3 is 9.64 Å². The van der Waals surface area contributed by atoms with Crippen molar-refractivity contribution in [1.29, 1.82) is 0 Å². The molecule has 1 aliphatic rings. The van der Waals surface area contributed by atoms with Gasteiger partial charge in [-0.2, -0.15) is 4.31 Å². The van der Waals surface area contributed by atoms with Crippen LogP contribution in [0.1, 0.15) is 5.56 Å². The highest BCUT2D eigenvalue weighted by Crippen LogP contribution is 2.24. The van der Waals surface area contributed by atoms with Gasteiger partial charge in [-0.1, -0.05) is 11.6 Å². The summed E-state index contributed by atoms with van der Waals surface area (Å²) in [6.07, 6.45) is 0. The van der Waals surface area contributed by atoms with Gasteiger partial charge in [0.05, 0.1) is 0 Å². The summed E-state index contributed by atoms with van der Waals surface area (Å²) in [6, 6.07) is 6.21. The Morgan fingerprint density at radius 2 is 1.73 bits per heavy atom. The van der Waals surface area contributed by atoms with Crippen LogP contribution in [0.3, 0.4) is 0 Å². The van der Waals surface area contributed by atoms with Crippen LogP contribution in [0.4, 0.5) is 13.2 Å². The highest BCUT2D eigenvalue weighted by atomic mass is 35.5. The summed E-state index contributed by atoms with van der Waals surface area (Å²) in [7, 11) is -4.38. The van der Waals surface area contributed by atoms with Crippen LogP contribution in [0.5, 0.6) is 5.75 Å². The van der Waals surface area contributed by atoms with Crippen molar-refractivity contribution in [3.8, 4) is 5.75 Å². The van der Waals surface area contributed by atoms with E-state index in [-0.39, 0.29) is 38.7 Å². The van der Waals surface area contributed by atoms with Gasteiger partial charge in [0.2, 0.25) is 10.0 Å². The number of amides is 1. The first-order valence-electron chi connectivity index (χ1n) is 8.91. The largest absolute Gasteiger partial charge is 0.484 e. The van der Waals surface area contributed by atoms with Crippen LogP contribution in [-0.2, 0) is 14.8 Å². The molecule has 6 nitrogen and oxygen atoms in total. The fraction of sp³-hybridized carbons (Fsp3) is 0.316. The Morgan fingerprint density at radius 3 is 2.37 bits per heavy atom. The van der Waals surface area contributed by atoms with E-state index in [0.29, 0.717) is 22.9 Å². The van der Waals surface area contributed by atoms with Gasteiger partial charge >= 0.3 is 0 Å². The maximum Gasteiger partial charge on any atom is 0.260 e. The summed E-state index contributed by atoms with van der Waals surface area (Å²) in [6.45, 7) is 1.41. The average Bonchev–Trinajstić information content (AvgIpc) is 2.72. The molecule has 3 rings (SSSR count). The topological polar surface area (TPSA) is 66.9 Å². The first-order valence-corrected chi connectivity index (χ1v) is 10.7. The average molecular weight is 463 g/mol. The van der Waals surface area contributed by atoms with Crippen LogP contribution in [0.25, 0.3) is 0 Å². The third kappa shape index (κ3) is 4.55. The highest BCUT2D eigenvalue weighted by Gasteiger charge is 2.33. The molecule has 0 spiro atoms. The van der Waals surface area contributed by atoms with E-state index in [0.717, 1.165) is 9.87 Å². The Kier molecular flexibility index (Phi) is 6.59. The van der Waals surface area contributed by atoms with Crippen molar-refractivity contribution in [3.63, 3.8) is 0 Å². The van der Waals surface area contributed by atoms with Crippen molar-refractivity contribution in [2.75, 3.05) is 32.8 Å². The lowest BCUT2D eigenvalue weighted by atomic mass is 10.2. The zero-order chi connectivity index (χ0) is 22.1. The van der Waals surface area contributed by atoms with Gasteiger partial charge in [-0.3, -0.25) is 4.79 Å². The van der Waals surface area contributed by atoms with Gasteiger partial charge in [-0.25, -0.2) is 21.6 Å². The first-order chi connectivity index (χ1) is 14.1. The predicted molar refractivity (Wildman–Crippen MR) is 103 cm³/mol. The number of aryl methyl sites for hydroxylation is 1. The monoisotopic (exact) mass is 462 g/mol. The Labute approximate surface area is 176 Å². The van der Waals surface area contributed by atoms with E-state index in [1.54, 1.807) is 25.1 Å². The number of carbonyl (C=O) groups excluding carboxylic acids is 1. The molecule has 1 aliphatic heterocycles. The van der Waals surface area contributed by atoms with E-state index in [9.17, 15) is 26.4 Å². The van der Waals surface area contributed by atoms with E-state index >= 15 is 0 Å². The summed E-state index contributed by atoms with van der Waals surface area (Å²) in [5, 5.41) is 0.573. The van der Waals surface area contributed by atoms with Gasteiger partial charge in [0.15, 0.2) is 24.1 Å². The Morgan fingerprint density at radius 1 is 1.07 bits per heavy atom. The number of ether oxygens (including phenoxy) is 1. The summed E-state index contributed by atoms with van der Waals surface area (Å²) in [5.74, 6) is -4.96. The molecule has 0 atom stereocenters. The molecule has 2 aromatic rings. The third-order valence-electron chi connectivity index (χ3n) is 4.70. The van der Waals surface area contributed by atoms with E-state index < -0.39 is 32.4 Å². The standard InChI is InChI=1S/C19H18ClF3N2O4S/c1-12-10-13(2-3-14(12)20)29-11-17(26)24-6-8-25(9-7-24)30(27,28)16-5-4-15(21)18(22)19(16)23/h2-5,10H,6-9,11H2,1H3. The number of carbonyl (C=O) groups is 1. The number of piperazine rings is 1. The minimum atomic E-state index is -4.38. The van der Waals surface area contributed by atoms with Gasteiger partial charge in [0.1, 0.15) is 10.6 Å². The lowest BCUT2D eigenvalue weighted by Crippen LogP contribution is -2.51. The van der Waals surface area contributed by atoms with Gasteiger partial charge in [-0.05, 0) is 42.8 Å². The second kappa shape index (κ2) is 8.83. The zero-order valence-electron chi connectivity index (χ0n) is 15.9. The number of sulfonamides is 1. The van der Waals surface area contributed by atoms with E-state index in [2.05, 4.69) is 0 Å². The maximum atomic E-state index is 13.9. The molecule has 0 N–H and O–H groups in total. The third-order valence-corrected chi connectivity index (χ3v) is 7.04. The lowest BCUT2D eigenvalue weighted by molar-refractivity contribution is -0.134. The van der Waals surface area contributed by atoms with Crippen molar-refractivity contribution in [2.45, 2.75) is 11.8 Å². The Balaban J connectivity index is 1.60. The molecule has 162 valence electrons. The molecule has 1 fully saturated rings. The molecule has 1 saturated heterocycles. The predicted octanol–water partition coefficient (Wildman–Crippen LogP) is 2.98. The quantitative estimate of drug-likeness (QED) is 0.641. The molecule has 30 heavy (non-hydrogen) atoms. The van der Waals surface area contributed by atoms with Gasteiger partial charge in [0, 0.05) is 31.2 Å². The minimum Gasteiger partial charge on any atom is -0.484 e. The smallest absolute Gasteiger partial charge is 0.260 e. The molecule has 0 saturated carbocycles. The molecule has 0 bridgehead atoms. The number of halogens is 4. The molecule has 2 aromatic carbocycles. The number of benzene rings is 2. The van der Waals surface area contributed by atoms with Crippen molar-refractivity contribution >= 4 is 27.5 Å². The molecule has 1 amide bonds. The number of rotatable bonds is 5. The van der Waals surface area contributed by atoms with Crippen molar-refractivity contribution < 1.29 is 31.1 Å². The van der Waals surface area contributed by atoms with Crippen molar-refractivity contribution in [3.05, 3.63) is 58.4 Å². The zero-order valence-corrected chi connectivity index (χ0v) is 17.4. The van der Waals surface area contributed by atoms with Crippen molar-refractivity contribution in [2.24, 2.45) is 0 Å². The van der Waals surface area contributed by atoms with E-state index in [1.807, 2.05) is 0 Å². The number of hydrogen-bond acceptors (Lipinski definition) is 4. The normalized spacial score (nSPS) is 15.3. The maximum absolute atomic E-state index is 13.9. The minimum absolute atomic E-state index is 0.0480. The van der Waals surface area contributed by atoms with Crippen molar-refractivity contribution in [1.82, 2.24) is 9.21 Å². The molecule has 0 aliphatic carbocycles. The van der Waals surface area contributed by atoms with Gasteiger partial charge in [-0.15, -0.1) is 0 Å². The molecule has 0 radical (unpaired) electrons. The summed E-state index contributed by atoms with van der Waals surface area (Å²) in [5.41, 5.74) is 0.796.